The van der Waals surface area contributed by atoms with Gasteiger partial charge >= 0.3 is 5.97 Å². The second-order valence-corrected chi connectivity index (χ2v) is 10.0. The molecule has 3 rings (SSSR count). The highest BCUT2D eigenvalue weighted by molar-refractivity contribution is 5.97. The van der Waals surface area contributed by atoms with E-state index < -0.39 is 27.4 Å². The van der Waals surface area contributed by atoms with Crippen molar-refractivity contribution in [2.24, 2.45) is 5.92 Å². The van der Waals surface area contributed by atoms with E-state index in [0.29, 0.717) is 55.8 Å². The number of nitro benzene ring substituents is 1. The Morgan fingerprint density at radius 1 is 1.26 bits per heavy atom. The van der Waals surface area contributed by atoms with Gasteiger partial charge in [-0.05, 0) is 54.4 Å². The molecule has 190 valence electrons. The van der Waals surface area contributed by atoms with Crippen LogP contribution < -0.4 is 10.3 Å². The van der Waals surface area contributed by atoms with Crippen LogP contribution in [0.1, 0.15) is 63.4 Å². The molecule has 2 heterocycles. The Morgan fingerprint density at radius 3 is 2.40 bits per heavy atom. The molecule has 35 heavy (non-hydrogen) atoms. The lowest BCUT2D eigenvalue weighted by Crippen LogP contribution is -2.45. The van der Waals surface area contributed by atoms with Gasteiger partial charge < -0.3 is 19.5 Å². The third-order valence-electron chi connectivity index (χ3n) is 6.79. The van der Waals surface area contributed by atoms with Crippen molar-refractivity contribution < 1.29 is 19.6 Å². The van der Waals surface area contributed by atoms with E-state index in [-0.39, 0.29) is 22.9 Å². The van der Waals surface area contributed by atoms with Crippen LogP contribution in [0.3, 0.4) is 0 Å². The lowest BCUT2D eigenvalue weighted by molar-refractivity contribution is -0.384. The summed E-state index contributed by atoms with van der Waals surface area (Å²) in [5.41, 5.74) is -0.682. The highest BCUT2D eigenvalue weighted by atomic mass is 16.6. The molecule has 1 N–H and O–H groups in total. The Hall–Kier alpha value is -3.43. The van der Waals surface area contributed by atoms with Gasteiger partial charge in [0.25, 0.3) is 5.69 Å². The maximum Gasteiger partial charge on any atom is 0.341 e. The number of nitro groups is 1. The van der Waals surface area contributed by atoms with E-state index in [0.717, 1.165) is 0 Å². The number of aromatic carboxylic acids is 1. The van der Waals surface area contributed by atoms with Gasteiger partial charge in [0.05, 0.1) is 21.7 Å². The molecule has 0 saturated carbocycles. The smallest absolute Gasteiger partial charge is 0.341 e. The molecule has 1 unspecified atom stereocenters. The molecule has 0 aliphatic carbocycles. The van der Waals surface area contributed by atoms with Crippen molar-refractivity contribution in [2.45, 2.75) is 59.9 Å². The fraction of sp³-hybridized carbons (Fsp3) is 0.560. The van der Waals surface area contributed by atoms with Gasteiger partial charge in [-0.15, -0.1) is 0 Å². The highest BCUT2D eigenvalue weighted by Crippen LogP contribution is 2.40. The lowest BCUT2D eigenvalue weighted by atomic mass is 9.94. The van der Waals surface area contributed by atoms with Gasteiger partial charge in [-0.3, -0.25) is 19.7 Å². The number of aromatic nitrogens is 1. The van der Waals surface area contributed by atoms with Gasteiger partial charge in [0.1, 0.15) is 11.3 Å². The first-order valence-corrected chi connectivity index (χ1v) is 12.0. The van der Waals surface area contributed by atoms with Crippen molar-refractivity contribution in [3.8, 4) is 0 Å². The fourth-order valence-electron chi connectivity index (χ4n) is 5.06. The molecule has 1 aromatic carbocycles. The Labute approximate surface area is 204 Å². The summed E-state index contributed by atoms with van der Waals surface area (Å²) in [7, 11) is 0. The number of carboxylic acids is 1. The average Bonchev–Trinajstić information content (AvgIpc) is 2.79. The fourth-order valence-corrected chi connectivity index (χ4v) is 5.06. The van der Waals surface area contributed by atoms with E-state index in [9.17, 15) is 29.6 Å². The first kappa shape index (κ1) is 26.2. The third-order valence-corrected chi connectivity index (χ3v) is 6.79. The van der Waals surface area contributed by atoms with E-state index in [2.05, 4.69) is 0 Å². The van der Waals surface area contributed by atoms with E-state index in [4.69, 9.17) is 0 Å². The predicted octanol–water partition coefficient (Wildman–Crippen LogP) is 3.76. The number of carboxylic acid groups (broad SMARTS) is 1. The van der Waals surface area contributed by atoms with Crippen molar-refractivity contribution in [1.29, 1.82) is 0 Å². The number of anilines is 1. The molecular weight excluding hydrogens is 452 g/mol. The Morgan fingerprint density at radius 2 is 1.89 bits per heavy atom. The van der Waals surface area contributed by atoms with Gasteiger partial charge in [0, 0.05) is 49.5 Å². The second kappa shape index (κ2) is 9.67. The second-order valence-electron chi connectivity index (χ2n) is 10.0. The van der Waals surface area contributed by atoms with Crippen LogP contribution in [0.5, 0.6) is 0 Å². The van der Waals surface area contributed by atoms with Crippen molar-refractivity contribution in [3.05, 3.63) is 43.7 Å². The highest BCUT2D eigenvalue weighted by Gasteiger charge is 2.34. The Kier molecular flexibility index (Phi) is 7.23. The molecule has 1 aliphatic heterocycles. The van der Waals surface area contributed by atoms with Crippen molar-refractivity contribution in [1.82, 2.24) is 9.47 Å². The van der Waals surface area contributed by atoms with E-state index in [1.54, 1.807) is 16.4 Å². The minimum Gasteiger partial charge on any atom is -0.477 e. The molecule has 0 bridgehead atoms. The number of nitrogens with zero attached hydrogens (tertiary/aromatic N) is 4. The van der Waals surface area contributed by atoms with Gasteiger partial charge in [0.15, 0.2) is 0 Å². The van der Waals surface area contributed by atoms with Crippen LogP contribution in [0.2, 0.25) is 0 Å². The number of benzene rings is 1. The third kappa shape index (κ3) is 4.74. The molecule has 1 atom stereocenters. The number of piperidine rings is 1. The SMILES string of the molecule is CCN(CC)C(=O)C1CCCN(c2c([N+](=O)[O-])cc3c(=O)c(C(=O)O)cn(C(C)(C)C)c3c2C)C1. The van der Waals surface area contributed by atoms with Gasteiger partial charge in [-0.1, -0.05) is 0 Å². The molecule has 0 radical (unpaired) electrons. The molecule has 1 amide bonds. The zero-order valence-corrected chi connectivity index (χ0v) is 21.3. The molecule has 1 saturated heterocycles. The number of carbonyl (C=O) groups excluding carboxylic acids is 1. The number of hydrogen-bond donors (Lipinski definition) is 1. The van der Waals surface area contributed by atoms with Crippen LogP contribution in [-0.2, 0) is 10.3 Å². The van der Waals surface area contributed by atoms with E-state index >= 15 is 0 Å². The molecule has 10 nitrogen and oxygen atoms in total. The lowest BCUT2D eigenvalue weighted by Gasteiger charge is -2.37. The van der Waals surface area contributed by atoms with Crippen LogP contribution in [0.4, 0.5) is 11.4 Å². The summed E-state index contributed by atoms with van der Waals surface area (Å²) < 4.78 is 1.71. The quantitative estimate of drug-likeness (QED) is 0.487. The molecular formula is C25H34N4O6. The molecule has 0 spiro atoms. The summed E-state index contributed by atoms with van der Waals surface area (Å²) >= 11 is 0. The van der Waals surface area contributed by atoms with Crippen LogP contribution in [0, 0.1) is 23.0 Å². The molecule has 1 aromatic heterocycles. The summed E-state index contributed by atoms with van der Waals surface area (Å²) in [5.74, 6) is -1.62. The number of carbonyl (C=O) groups is 2. The largest absolute Gasteiger partial charge is 0.477 e. The summed E-state index contributed by atoms with van der Waals surface area (Å²) in [6.07, 6.45) is 2.73. The normalized spacial score (nSPS) is 16.4. The zero-order chi connectivity index (χ0) is 26.2. The number of pyridine rings is 1. The summed E-state index contributed by atoms with van der Waals surface area (Å²) in [6.45, 7) is 13.3. The number of fused-ring (bicyclic) bond motifs is 1. The first-order chi connectivity index (χ1) is 16.3. The van der Waals surface area contributed by atoms with Crippen molar-refractivity contribution in [2.75, 3.05) is 31.1 Å². The Bertz CT molecular complexity index is 1240. The summed E-state index contributed by atoms with van der Waals surface area (Å²) in [4.78, 5) is 53.2. The predicted molar refractivity (Wildman–Crippen MR) is 134 cm³/mol. The van der Waals surface area contributed by atoms with Gasteiger partial charge in [0.2, 0.25) is 11.3 Å². The van der Waals surface area contributed by atoms with Crippen molar-refractivity contribution >= 4 is 34.2 Å². The number of rotatable bonds is 6. The van der Waals surface area contributed by atoms with Crippen LogP contribution in [0.25, 0.3) is 10.9 Å². The van der Waals surface area contributed by atoms with Crippen LogP contribution in [0.15, 0.2) is 17.1 Å². The molecule has 1 aliphatic rings. The van der Waals surface area contributed by atoms with Crippen LogP contribution in [-0.4, -0.2) is 57.6 Å². The number of amides is 1. The minimum atomic E-state index is -1.38. The topological polar surface area (TPSA) is 126 Å². The van der Waals surface area contributed by atoms with Gasteiger partial charge in [-0.2, -0.15) is 0 Å². The maximum atomic E-state index is 13.1. The summed E-state index contributed by atoms with van der Waals surface area (Å²) in [6, 6.07) is 1.20. The molecule has 10 heteroatoms. The number of hydrogen-bond acceptors (Lipinski definition) is 6. The monoisotopic (exact) mass is 486 g/mol. The standard InChI is InChI=1S/C25H34N4O6/c1-7-26(8-2)23(31)16-10-9-11-27(13-16)21-15(3)20-17(12-19(21)29(34)35)22(30)18(24(32)33)14-28(20)25(4,5)6/h12,14,16H,7-11,13H2,1-6H3,(H,32,33). The first-order valence-electron chi connectivity index (χ1n) is 12.0. The minimum absolute atomic E-state index is 0.000511. The van der Waals surface area contributed by atoms with Gasteiger partial charge in [-0.25, -0.2) is 4.79 Å². The molecule has 1 fully saturated rings. The Balaban J connectivity index is 2.29. The average molecular weight is 487 g/mol. The number of aryl methyl sites for hydroxylation is 1. The summed E-state index contributed by atoms with van der Waals surface area (Å²) in [5, 5.41) is 21.8. The van der Waals surface area contributed by atoms with Crippen molar-refractivity contribution in [3.63, 3.8) is 0 Å². The van der Waals surface area contributed by atoms with E-state index in [1.807, 2.05) is 39.5 Å². The van der Waals surface area contributed by atoms with E-state index in [1.165, 1.54) is 12.3 Å². The zero-order valence-electron chi connectivity index (χ0n) is 21.3. The maximum absolute atomic E-state index is 13.1. The van der Waals surface area contributed by atoms with Crippen LogP contribution >= 0.6 is 0 Å². The molecule has 2 aromatic rings.